The van der Waals surface area contributed by atoms with E-state index in [1.165, 1.54) is 134 Å². The summed E-state index contributed by atoms with van der Waals surface area (Å²) in [6.07, 6.45) is 29.8. The van der Waals surface area contributed by atoms with Crippen molar-refractivity contribution in [1.29, 1.82) is 0 Å². The molecular formula is C36H59N3Si. The fourth-order valence-electron chi connectivity index (χ4n) is 5.76. The van der Waals surface area contributed by atoms with Crippen molar-refractivity contribution in [3.63, 3.8) is 0 Å². The van der Waals surface area contributed by atoms with Crippen molar-refractivity contribution in [2.45, 2.75) is 155 Å². The van der Waals surface area contributed by atoms with Crippen LogP contribution in [0.3, 0.4) is 0 Å². The van der Waals surface area contributed by atoms with Crippen molar-refractivity contribution in [1.82, 2.24) is 15.2 Å². The zero-order valence-electron chi connectivity index (χ0n) is 26.3. The number of nitrogens with zero attached hydrogens (tertiary/aromatic N) is 3. The second-order valence-corrected chi connectivity index (χ2v) is 14.3. The third-order valence-corrected chi connectivity index (χ3v) is 10.4. The molecule has 0 spiro atoms. The number of aromatic nitrogens is 3. The van der Waals surface area contributed by atoms with Gasteiger partial charge in [-0.05, 0) is 54.9 Å². The van der Waals surface area contributed by atoms with Crippen molar-refractivity contribution in [3.05, 3.63) is 36.2 Å². The minimum atomic E-state index is 0.755. The summed E-state index contributed by atoms with van der Waals surface area (Å²) < 4.78 is 0. The van der Waals surface area contributed by atoms with Crippen LogP contribution in [0.4, 0.5) is 0 Å². The Balaban J connectivity index is 1.22. The van der Waals surface area contributed by atoms with Gasteiger partial charge in [-0.25, -0.2) is 0 Å². The lowest BCUT2D eigenvalue weighted by Gasteiger charge is -2.12. The molecule has 222 valence electrons. The smallest absolute Gasteiger partial charge is 0.110 e. The number of pyridine rings is 1. The molecule has 40 heavy (non-hydrogen) atoms. The molecule has 0 aliphatic heterocycles. The van der Waals surface area contributed by atoms with Gasteiger partial charge in [0.05, 0.1) is 5.69 Å². The van der Waals surface area contributed by atoms with Gasteiger partial charge in [-0.3, -0.25) is 4.98 Å². The lowest BCUT2D eigenvalue weighted by molar-refractivity contribution is 0.430. The summed E-state index contributed by atoms with van der Waals surface area (Å²) in [6, 6.07) is 9.88. The molecule has 4 heteroatoms. The topological polar surface area (TPSA) is 38.7 Å². The first-order valence-corrected chi connectivity index (χ1v) is 18.4. The second-order valence-electron chi connectivity index (χ2n) is 13.0. The monoisotopic (exact) mass is 561 g/mol. The van der Waals surface area contributed by atoms with Crippen LogP contribution in [0.25, 0.3) is 11.3 Å². The summed E-state index contributed by atoms with van der Waals surface area (Å²) in [4.78, 5) is 4.72. The maximum Gasteiger partial charge on any atom is 0.110 e. The highest BCUT2D eigenvalue weighted by molar-refractivity contribution is 6.52. The zero-order chi connectivity index (χ0) is 28.3. The minimum Gasteiger partial charge on any atom is -0.261 e. The zero-order valence-corrected chi connectivity index (χ0v) is 27.3. The van der Waals surface area contributed by atoms with Gasteiger partial charge in [-0.1, -0.05) is 142 Å². The molecule has 2 aromatic heterocycles. The Morgan fingerprint density at radius 1 is 0.725 bits per heavy atom. The number of aryl methyl sites for hydroxylation is 1. The first-order chi connectivity index (χ1) is 19.6. The lowest BCUT2D eigenvalue weighted by atomic mass is 9.96. The van der Waals surface area contributed by atoms with Crippen molar-refractivity contribution in [2.24, 2.45) is 17.8 Å². The van der Waals surface area contributed by atoms with Gasteiger partial charge in [-0.2, -0.15) is 10.2 Å². The highest BCUT2D eigenvalue weighted by Gasteiger charge is 2.19. The first-order valence-electron chi connectivity index (χ1n) is 17.2. The predicted octanol–water partition coefficient (Wildman–Crippen LogP) is 10.2. The summed E-state index contributed by atoms with van der Waals surface area (Å²) in [7, 11) is 0.755. The number of hydrogen-bond donors (Lipinski definition) is 0. The van der Waals surface area contributed by atoms with E-state index < -0.39 is 0 Å². The highest BCUT2D eigenvalue weighted by Crippen LogP contribution is 2.34. The van der Waals surface area contributed by atoms with Gasteiger partial charge in [0.15, 0.2) is 0 Å². The van der Waals surface area contributed by atoms with Crippen LogP contribution in [0.2, 0.25) is 6.04 Å². The van der Waals surface area contributed by atoms with E-state index in [4.69, 9.17) is 4.98 Å². The van der Waals surface area contributed by atoms with Gasteiger partial charge < -0.3 is 0 Å². The van der Waals surface area contributed by atoms with Crippen LogP contribution in [-0.4, -0.2) is 24.7 Å². The molecule has 3 rings (SSSR count). The number of unbranched alkanes of at least 4 members (excludes halogenated alkanes) is 10. The lowest BCUT2D eigenvalue weighted by Crippen LogP contribution is -2.21. The molecule has 0 bridgehead atoms. The highest BCUT2D eigenvalue weighted by atomic mass is 28.2. The van der Waals surface area contributed by atoms with E-state index in [0.29, 0.717) is 0 Å². The molecule has 2 radical (unpaired) electrons. The first kappa shape index (κ1) is 33.0. The SMILES string of the molecule is CCCCCC(C)CCCCCC(C)C[Si]c1ccc(-c2ccc(CCCCCCCCCC3CC3)nc2)nn1. The van der Waals surface area contributed by atoms with Crippen molar-refractivity contribution < 1.29 is 0 Å². The van der Waals surface area contributed by atoms with Crippen molar-refractivity contribution in [3.8, 4) is 11.3 Å². The molecule has 2 unspecified atom stereocenters. The van der Waals surface area contributed by atoms with Crippen molar-refractivity contribution >= 4 is 14.8 Å². The average Bonchev–Trinajstić information content (AvgIpc) is 3.80. The van der Waals surface area contributed by atoms with Crippen LogP contribution < -0.4 is 5.32 Å². The maximum absolute atomic E-state index is 4.72. The molecule has 0 aromatic carbocycles. The van der Waals surface area contributed by atoms with Crippen LogP contribution in [0, 0.1) is 17.8 Å². The van der Waals surface area contributed by atoms with Crippen molar-refractivity contribution in [2.75, 3.05) is 0 Å². The van der Waals surface area contributed by atoms with Crippen LogP contribution in [-0.2, 0) is 6.42 Å². The summed E-state index contributed by atoms with van der Waals surface area (Å²) >= 11 is 0. The predicted molar refractivity (Wildman–Crippen MR) is 174 cm³/mol. The van der Waals surface area contributed by atoms with E-state index in [2.05, 4.69) is 55.2 Å². The number of rotatable bonds is 24. The van der Waals surface area contributed by atoms with Gasteiger partial charge in [0.2, 0.25) is 0 Å². The maximum atomic E-state index is 4.72. The Morgan fingerprint density at radius 2 is 1.40 bits per heavy atom. The molecular weight excluding hydrogens is 503 g/mol. The molecule has 2 aromatic rings. The van der Waals surface area contributed by atoms with E-state index in [0.717, 1.165) is 50.3 Å². The van der Waals surface area contributed by atoms with E-state index >= 15 is 0 Å². The van der Waals surface area contributed by atoms with Crippen LogP contribution in [0.5, 0.6) is 0 Å². The molecule has 2 heterocycles. The van der Waals surface area contributed by atoms with Crippen LogP contribution in [0.15, 0.2) is 30.5 Å². The summed E-state index contributed by atoms with van der Waals surface area (Å²) in [5.74, 6) is 2.79. The van der Waals surface area contributed by atoms with Crippen LogP contribution in [0.1, 0.15) is 148 Å². The molecule has 1 fully saturated rings. The van der Waals surface area contributed by atoms with Gasteiger partial charge in [0.25, 0.3) is 0 Å². The fraction of sp³-hybridized carbons (Fsp3) is 0.750. The Kier molecular flexibility index (Phi) is 16.8. The molecule has 3 nitrogen and oxygen atoms in total. The Hall–Kier alpha value is -1.55. The molecule has 2 atom stereocenters. The summed E-state index contributed by atoms with van der Waals surface area (Å²) in [5, 5.41) is 10.2. The van der Waals surface area contributed by atoms with E-state index in [9.17, 15) is 0 Å². The molecule has 1 saturated carbocycles. The van der Waals surface area contributed by atoms with Gasteiger partial charge >= 0.3 is 0 Å². The quantitative estimate of drug-likeness (QED) is 0.0945. The Bertz CT molecular complexity index is 878. The average molecular weight is 562 g/mol. The second kappa shape index (κ2) is 20.3. The minimum absolute atomic E-state index is 0.755. The molecule has 0 N–H and O–H groups in total. The largest absolute Gasteiger partial charge is 0.261 e. The van der Waals surface area contributed by atoms with E-state index in [1.54, 1.807) is 0 Å². The van der Waals surface area contributed by atoms with Gasteiger partial charge in [0.1, 0.15) is 9.52 Å². The van der Waals surface area contributed by atoms with Gasteiger partial charge in [-0.15, -0.1) is 0 Å². The van der Waals surface area contributed by atoms with E-state index in [-0.39, 0.29) is 0 Å². The summed E-state index contributed by atoms with van der Waals surface area (Å²) in [6.45, 7) is 7.15. The third kappa shape index (κ3) is 14.9. The standard InChI is InChI=1S/C36H59N3Si/c1-4-5-12-17-30(2)18-13-11-14-19-31(3)29-40-36-27-26-35(38-39-36)33-24-25-34(37-28-33)21-16-10-8-6-7-9-15-20-32-22-23-32/h24-28,30-32H,4-23,29H2,1-3H3. The molecule has 1 aliphatic carbocycles. The molecule has 0 saturated heterocycles. The number of hydrogen-bond acceptors (Lipinski definition) is 3. The molecule has 1 aliphatic rings. The normalized spacial score (nSPS) is 14.9. The Labute approximate surface area is 250 Å². The molecule has 0 amide bonds. The summed E-state index contributed by atoms with van der Waals surface area (Å²) in [5.41, 5.74) is 3.21. The van der Waals surface area contributed by atoms with E-state index in [1.807, 2.05) is 6.20 Å². The third-order valence-electron chi connectivity index (χ3n) is 8.85. The van der Waals surface area contributed by atoms with Gasteiger partial charge in [0, 0.05) is 22.8 Å². The Morgan fingerprint density at radius 3 is 2.05 bits per heavy atom. The fourth-order valence-corrected chi connectivity index (χ4v) is 6.85. The van der Waals surface area contributed by atoms with Crippen LogP contribution >= 0.6 is 0 Å².